The molecule has 0 radical (unpaired) electrons. The molecule has 0 unspecified atom stereocenters. The summed E-state index contributed by atoms with van der Waals surface area (Å²) in [4.78, 5) is 26.9. The SMILES string of the molecule is CCCN(CCC)C(=O)C(C)(C)C(=O)NCCc1ccccc1F. The summed E-state index contributed by atoms with van der Waals surface area (Å²) in [7, 11) is 0. The van der Waals surface area contributed by atoms with E-state index in [0.717, 1.165) is 12.8 Å². The van der Waals surface area contributed by atoms with Crippen molar-refractivity contribution in [1.82, 2.24) is 10.2 Å². The van der Waals surface area contributed by atoms with Gasteiger partial charge in [0.05, 0.1) is 0 Å². The van der Waals surface area contributed by atoms with Crippen LogP contribution in [-0.4, -0.2) is 36.3 Å². The molecule has 0 saturated carbocycles. The summed E-state index contributed by atoms with van der Waals surface area (Å²) in [6.07, 6.45) is 2.11. The summed E-state index contributed by atoms with van der Waals surface area (Å²) in [6, 6.07) is 6.50. The zero-order chi connectivity index (χ0) is 18.2. The van der Waals surface area contributed by atoms with E-state index in [2.05, 4.69) is 5.32 Å². The summed E-state index contributed by atoms with van der Waals surface area (Å²) >= 11 is 0. The molecule has 5 heteroatoms. The number of benzene rings is 1. The number of nitrogens with one attached hydrogen (secondary N) is 1. The Morgan fingerprint density at radius 2 is 1.71 bits per heavy atom. The molecule has 4 nitrogen and oxygen atoms in total. The highest BCUT2D eigenvalue weighted by molar-refractivity contribution is 6.04. The number of carbonyl (C=O) groups is 2. The lowest BCUT2D eigenvalue weighted by atomic mass is 9.90. The third kappa shape index (κ3) is 5.32. The maximum absolute atomic E-state index is 13.6. The second-order valence-electron chi connectivity index (χ2n) is 6.51. The lowest BCUT2D eigenvalue weighted by molar-refractivity contribution is -0.148. The van der Waals surface area contributed by atoms with Crippen LogP contribution in [0.1, 0.15) is 46.1 Å². The first-order chi connectivity index (χ1) is 11.3. The van der Waals surface area contributed by atoms with Gasteiger partial charge in [-0.2, -0.15) is 0 Å². The molecule has 2 amide bonds. The smallest absolute Gasteiger partial charge is 0.237 e. The van der Waals surface area contributed by atoms with Crippen molar-refractivity contribution in [1.29, 1.82) is 0 Å². The summed E-state index contributed by atoms with van der Waals surface area (Å²) in [5, 5.41) is 2.77. The van der Waals surface area contributed by atoms with Crippen molar-refractivity contribution < 1.29 is 14.0 Å². The maximum atomic E-state index is 13.6. The lowest BCUT2D eigenvalue weighted by Gasteiger charge is -2.30. The van der Waals surface area contributed by atoms with Crippen LogP contribution < -0.4 is 5.32 Å². The number of hydrogen-bond donors (Lipinski definition) is 1. The van der Waals surface area contributed by atoms with Gasteiger partial charge < -0.3 is 10.2 Å². The molecule has 0 aliphatic carbocycles. The predicted molar refractivity (Wildman–Crippen MR) is 94.1 cm³/mol. The second-order valence-corrected chi connectivity index (χ2v) is 6.51. The molecule has 0 aliphatic rings. The third-order valence-corrected chi connectivity index (χ3v) is 4.01. The van der Waals surface area contributed by atoms with Crippen molar-refractivity contribution in [3.05, 3.63) is 35.6 Å². The summed E-state index contributed by atoms with van der Waals surface area (Å²) in [5.41, 5.74) is -0.569. The van der Waals surface area contributed by atoms with Crippen molar-refractivity contribution in [3.8, 4) is 0 Å². The Morgan fingerprint density at radius 1 is 1.12 bits per heavy atom. The quantitative estimate of drug-likeness (QED) is 0.704. The highest BCUT2D eigenvalue weighted by Crippen LogP contribution is 2.20. The van der Waals surface area contributed by atoms with Crippen LogP contribution in [0.2, 0.25) is 0 Å². The van der Waals surface area contributed by atoms with E-state index in [1.54, 1.807) is 36.9 Å². The molecule has 134 valence electrons. The minimum absolute atomic E-state index is 0.158. The average molecular weight is 336 g/mol. The van der Waals surface area contributed by atoms with Gasteiger partial charge in [-0.3, -0.25) is 9.59 Å². The Labute approximate surface area is 144 Å². The van der Waals surface area contributed by atoms with Crippen molar-refractivity contribution in [2.45, 2.75) is 47.0 Å². The number of rotatable bonds is 9. The second kappa shape index (κ2) is 9.40. The molecule has 0 bridgehead atoms. The fraction of sp³-hybridized carbons (Fsp3) is 0.579. The number of hydrogen-bond acceptors (Lipinski definition) is 2. The highest BCUT2D eigenvalue weighted by atomic mass is 19.1. The van der Waals surface area contributed by atoms with Gasteiger partial charge >= 0.3 is 0 Å². The zero-order valence-corrected chi connectivity index (χ0v) is 15.2. The van der Waals surface area contributed by atoms with Crippen LogP contribution in [0.4, 0.5) is 4.39 Å². The van der Waals surface area contributed by atoms with Crippen LogP contribution >= 0.6 is 0 Å². The first kappa shape index (κ1) is 20.1. The standard InChI is InChI=1S/C19H29FN2O2/c1-5-13-22(14-6-2)18(24)19(3,4)17(23)21-12-11-15-9-7-8-10-16(15)20/h7-10H,5-6,11-14H2,1-4H3,(H,21,23). The molecule has 0 saturated heterocycles. The summed E-state index contributed by atoms with van der Waals surface area (Å²) in [6.45, 7) is 8.92. The number of carbonyl (C=O) groups excluding carboxylic acids is 2. The van der Waals surface area contributed by atoms with E-state index < -0.39 is 5.41 Å². The predicted octanol–water partition coefficient (Wildman–Crippen LogP) is 3.16. The van der Waals surface area contributed by atoms with Crippen molar-refractivity contribution in [2.24, 2.45) is 5.41 Å². The Kier molecular flexibility index (Phi) is 7.89. The topological polar surface area (TPSA) is 49.4 Å². The van der Waals surface area contributed by atoms with Crippen LogP contribution in [-0.2, 0) is 16.0 Å². The fourth-order valence-electron chi connectivity index (χ4n) is 2.58. The fourth-order valence-corrected chi connectivity index (χ4v) is 2.58. The van der Waals surface area contributed by atoms with Gasteiger partial charge in [0.25, 0.3) is 0 Å². The van der Waals surface area contributed by atoms with Crippen LogP contribution in [0.25, 0.3) is 0 Å². The Morgan fingerprint density at radius 3 is 2.25 bits per heavy atom. The average Bonchev–Trinajstić information content (AvgIpc) is 2.55. The first-order valence-electron chi connectivity index (χ1n) is 8.65. The minimum Gasteiger partial charge on any atom is -0.355 e. The van der Waals surface area contributed by atoms with Gasteiger partial charge in [0.15, 0.2) is 0 Å². The largest absolute Gasteiger partial charge is 0.355 e. The molecule has 24 heavy (non-hydrogen) atoms. The molecule has 0 spiro atoms. The summed E-state index contributed by atoms with van der Waals surface area (Å²) in [5.74, 6) is -0.755. The van der Waals surface area contributed by atoms with E-state index >= 15 is 0 Å². The minimum atomic E-state index is -1.13. The highest BCUT2D eigenvalue weighted by Gasteiger charge is 2.38. The van der Waals surface area contributed by atoms with Gasteiger partial charge in [0.1, 0.15) is 11.2 Å². The van der Waals surface area contributed by atoms with Crippen molar-refractivity contribution >= 4 is 11.8 Å². The Bertz CT molecular complexity index is 552. The Hall–Kier alpha value is -1.91. The van der Waals surface area contributed by atoms with E-state index in [1.165, 1.54) is 6.07 Å². The molecule has 1 N–H and O–H groups in total. The van der Waals surface area contributed by atoms with Gasteiger partial charge in [-0.25, -0.2) is 4.39 Å². The van der Waals surface area contributed by atoms with Crippen LogP contribution in [0.15, 0.2) is 24.3 Å². The van der Waals surface area contributed by atoms with E-state index in [9.17, 15) is 14.0 Å². The zero-order valence-electron chi connectivity index (χ0n) is 15.2. The normalized spacial score (nSPS) is 11.2. The van der Waals surface area contributed by atoms with Crippen LogP contribution in [0.3, 0.4) is 0 Å². The van der Waals surface area contributed by atoms with Crippen molar-refractivity contribution in [3.63, 3.8) is 0 Å². The van der Waals surface area contributed by atoms with Gasteiger partial charge in [0, 0.05) is 19.6 Å². The van der Waals surface area contributed by atoms with Crippen molar-refractivity contribution in [2.75, 3.05) is 19.6 Å². The third-order valence-electron chi connectivity index (χ3n) is 4.01. The lowest BCUT2D eigenvalue weighted by Crippen LogP contribution is -2.50. The molecule has 1 rings (SSSR count). The van der Waals surface area contributed by atoms with E-state index in [4.69, 9.17) is 0 Å². The van der Waals surface area contributed by atoms with Gasteiger partial charge in [-0.15, -0.1) is 0 Å². The molecule has 1 aromatic carbocycles. The first-order valence-corrected chi connectivity index (χ1v) is 8.65. The van der Waals surface area contributed by atoms with Gasteiger partial charge in [0.2, 0.25) is 11.8 Å². The van der Waals surface area contributed by atoms with E-state index in [1.807, 2.05) is 13.8 Å². The van der Waals surface area contributed by atoms with Gasteiger partial charge in [-0.1, -0.05) is 32.0 Å². The van der Waals surface area contributed by atoms with E-state index in [0.29, 0.717) is 31.6 Å². The molecule has 0 heterocycles. The molecule has 0 aliphatic heterocycles. The molecule has 0 atom stereocenters. The van der Waals surface area contributed by atoms with E-state index in [-0.39, 0.29) is 17.6 Å². The van der Waals surface area contributed by atoms with Crippen LogP contribution in [0, 0.1) is 11.2 Å². The van der Waals surface area contributed by atoms with Crippen LogP contribution in [0.5, 0.6) is 0 Å². The maximum Gasteiger partial charge on any atom is 0.237 e. The molecule has 0 aromatic heterocycles. The molecular formula is C19H29FN2O2. The molecular weight excluding hydrogens is 307 g/mol. The number of amides is 2. The monoisotopic (exact) mass is 336 g/mol. The number of halogens is 1. The van der Waals surface area contributed by atoms with Gasteiger partial charge in [-0.05, 0) is 44.7 Å². The molecule has 1 aromatic rings. The summed E-state index contributed by atoms with van der Waals surface area (Å²) < 4.78 is 13.6. The number of nitrogens with zero attached hydrogens (tertiary/aromatic N) is 1. The molecule has 0 fully saturated rings. The Balaban J connectivity index is 2.63.